The molecule has 5 heteroatoms. The Morgan fingerprint density at radius 2 is 1.71 bits per heavy atom. The van der Waals surface area contributed by atoms with Crippen molar-refractivity contribution in [1.82, 2.24) is 14.7 Å². The Labute approximate surface area is 187 Å². The van der Waals surface area contributed by atoms with E-state index >= 15 is 0 Å². The second-order valence-electron chi connectivity index (χ2n) is 9.94. The van der Waals surface area contributed by atoms with Gasteiger partial charge in [0.1, 0.15) is 0 Å². The lowest BCUT2D eigenvalue weighted by molar-refractivity contribution is -0.135. The zero-order valence-electron chi connectivity index (χ0n) is 18.8. The van der Waals surface area contributed by atoms with Gasteiger partial charge < -0.3 is 14.5 Å². The molecule has 3 saturated heterocycles. The Bertz CT molecular complexity index is 758. The van der Waals surface area contributed by atoms with Crippen LogP contribution in [0.2, 0.25) is 0 Å². The maximum absolute atomic E-state index is 13.2. The minimum atomic E-state index is 0.300. The molecule has 168 valence electrons. The molecule has 1 aliphatic carbocycles. The normalized spacial score (nSPS) is 27.7. The Kier molecular flexibility index (Phi) is 6.44. The van der Waals surface area contributed by atoms with Crippen molar-refractivity contribution in [3.05, 3.63) is 42.0 Å². The summed E-state index contributed by atoms with van der Waals surface area (Å²) >= 11 is 0. The average molecular weight is 424 g/mol. The number of rotatable bonds is 5. The second-order valence-corrected chi connectivity index (χ2v) is 9.94. The summed E-state index contributed by atoms with van der Waals surface area (Å²) in [5.41, 5.74) is 1.58. The van der Waals surface area contributed by atoms with Gasteiger partial charge in [0, 0.05) is 57.9 Å². The van der Waals surface area contributed by atoms with Crippen molar-refractivity contribution in [2.24, 2.45) is 11.3 Å². The molecule has 1 aromatic carbocycles. The predicted molar refractivity (Wildman–Crippen MR) is 124 cm³/mol. The van der Waals surface area contributed by atoms with E-state index in [1.807, 2.05) is 6.07 Å². The van der Waals surface area contributed by atoms with Gasteiger partial charge in [0.05, 0.1) is 0 Å². The van der Waals surface area contributed by atoms with Crippen molar-refractivity contribution in [3.8, 4) is 0 Å². The maximum atomic E-state index is 13.2. The van der Waals surface area contributed by atoms with E-state index in [4.69, 9.17) is 4.74 Å². The van der Waals surface area contributed by atoms with Gasteiger partial charge in [-0.25, -0.2) is 0 Å². The molecule has 1 spiro atoms. The number of ether oxygens (including phenoxy) is 1. The minimum Gasteiger partial charge on any atom is -0.381 e. The first-order valence-electron chi connectivity index (χ1n) is 12.3. The molecule has 1 saturated carbocycles. The lowest BCUT2D eigenvalue weighted by atomic mass is 9.89. The van der Waals surface area contributed by atoms with Gasteiger partial charge in [-0.05, 0) is 56.2 Å². The number of piperazine rings is 1. The van der Waals surface area contributed by atoms with Crippen LogP contribution in [-0.2, 0) is 9.53 Å². The van der Waals surface area contributed by atoms with Gasteiger partial charge in [0.25, 0.3) is 0 Å². The van der Waals surface area contributed by atoms with E-state index in [1.54, 1.807) is 0 Å². The molecule has 0 bridgehead atoms. The number of amides is 1. The maximum Gasteiger partial charge on any atom is 0.226 e. The molecular weight excluding hydrogens is 386 g/mol. The molecule has 1 amide bonds. The van der Waals surface area contributed by atoms with Gasteiger partial charge in [-0.2, -0.15) is 0 Å². The molecule has 0 aromatic heterocycles. The summed E-state index contributed by atoms with van der Waals surface area (Å²) in [6, 6.07) is 11.2. The van der Waals surface area contributed by atoms with E-state index in [1.165, 1.54) is 44.3 Å². The lowest BCUT2D eigenvalue weighted by Gasteiger charge is -2.40. The molecule has 4 fully saturated rings. The van der Waals surface area contributed by atoms with Crippen molar-refractivity contribution in [3.63, 3.8) is 0 Å². The molecule has 31 heavy (non-hydrogen) atoms. The fraction of sp³-hybridized carbons (Fsp3) is 0.654. The van der Waals surface area contributed by atoms with Crippen LogP contribution in [0.1, 0.15) is 37.7 Å². The summed E-state index contributed by atoms with van der Waals surface area (Å²) in [7, 11) is 0. The van der Waals surface area contributed by atoms with Crippen molar-refractivity contribution >= 4 is 12.0 Å². The summed E-state index contributed by atoms with van der Waals surface area (Å²) < 4.78 is 5.52. The standard InChI is InChI=1S/C26H37N3O2/c30-25(24-21-26(24)10-13-28(14-11-26)23-8-19-31-20-9-23)29-17-15-27(16-18-29)12-4-7-22-5-2-1-3-6-22/h1-7,23-24H,8-21H2/b7-4+. The van der Waals surface area contributed by atoms with Crippen LogP contribution in [0, 0.1) is 11.3 Å². The summed E-state index contributed by atoms with van der Waals surface area (Å²) in [6.45, 7) is 8.91. The first-order chi connectivity index (χ1) is 15.2. The molecule has 0 radical (unpaired) electrons. The molecule has 1 aromatic rings. The molecule has 5 rings (SSSR count). The van der Waals surface area contributed by atoms with Gasteiger partial charge in [-0.3, -0.25) is 9.69 Å². The zero-order chi connectivity index (χ0) is 21.1. The first kappa shape index (κ1) is 21.2. The summed E-state index contributed by atoms with van der Waals surface area (Å²) in [4.78, 5) is 20.5. The predicted octanol–water partition coefficient (Wildman–Crippen LogP) is 3.13. The molecule has 1 atom stereocenters. The Morgan fingerprint density at radius 3 is 2.42 bits per heavy atom. The highest BCUT2D eigenvalue weighted by Crippen LogP contribution is 2.60. The van der Waals surface area contributed by atoms with Gasteiger partial charge in [0.15, 0.2) is 0 Å². The van der Waals surface area contributed by atoms with Gasteiger partial charge in [-0.1, -0.05) is 42.5 Å². The highest BCUT2D eigenvalue weighted by atomic mass is 16.5. The minimum absolute atomic E-state index is 0.300. The Hall–Kier alpha value is -1.69. The SMILES string of the molecule is O=C(C1CC12CCN(C1CCOCC1)CC2)N1CCN(C/C=C/c2ccccc2)CC1. The number of hydrogen-bond acceptors (Lipinski definition) is 4. The Balaban J connectivity index is 1.04. The van der Waals surface area contributed by atoms with Gasteiger partial charge in [-0.15, -0.1) is 0 Å². The molecule has 3 heterocycles. The van der Waals surface area contributed by atoms with E-state index < -0.39 is 0 Å². The largest absolute Gasteiger partial charge is 0.381 e. The molecule has 3 aliphatic heterocycles. The van der Waals surface area contributed by atoms with Crippen molar-refractivity contribution in [2.45, 2.75) is 38.1 Å². The van der Waals surface area contributed by atoms with Crippen LogP contribution in [0.4, 0.5) is 0 Å². The van der Waals surface area contributed by atoms with Gasteiger partial charge >= 0.3 is 0 Å². The first-order valence-corrected chi connectivity index (χ1v) is 12.3. The Morgan fingerprint density at radius 1 is 1.00 bits per heavy atom. The summed E-state index contributed by atoms with van der Waals surface area (Å²) in [5, 5.41) is 0. The number of likely N-dealkylation sites (tertiary alicyclic amines) is 1. The lowest BCUT2D eigenvalue weighted by Crippen LogP contribution is -2.50. The highest BCUT2D eigenvalue weighted by Gasteiger charge is 2.59. The third kappa shape index (κ3) is 4.89. The molecule has 1 unspecified atom stereocenters. The summed E-state index contributed by atoms with van der Waals surface area (Å²) in [5.74, 6) is 0.743. The topological polar surface area (TPSA) is 36.0 Å². The average Bonchev–Trinajstić information content (AvgIpc) is 3.54. The number of hydrogen-bond donors (Lipinski definition) is 0. The number of benzene rings is 1. The van der Waals surface area contributed by atoms with Crippen molar-refractivity contribution < 1.29 is 9.53 Å². The number of piperidine rings is 1. The zero-order valence-corrected chi connectivity index (χ0v) is 18.8. The van der Waals surface area contributed by atoms with Crippen LogP contribution in [0.3, 0.4) is 0 Å². The number of carbonyl (C=O) groups excluding carboxylic acids is 1. The van der Waals surface area contributed by atoms with E-state index in [-0.39, 0.29) is 0 Å². The van der Waals surface area contributed by atoms with E-state index in [0.29, 0.717) is 23.3 Å². The third-order valence-electron chi connectivity index (χ3n) is 8.15. The fourth-order valence-corrected chi connectivity index (χ4v) is 5.91. The second kappa shape index (κ2) is 9.43. The smallest absolute Gasteiger partial charge is 0.226 e. The number of nitrogens with zero attached hydrogens (tertiary/aromatic N) is 3. The van der Waals surface area contributed by atoms with Crippen molar-refractivity contribution in [1.29, 1.82) is 0 Å². The van der Waals surface area contributed by atoms with Crippen LogP contribution < -0.4 is 0 Å². The van der Waals surface area contributed by atoms with Crippen LogP contribution in [0.15, 0.2) is 36.4 Å². The molecule has 5 nitrogen and oxygen atoms in total. The monoisotopic (exact) mass is 423 g/mol. The molecular formula is C26H37N3O2. The quantitative estimate of drug-likeness (QED) is 0.729. The van der Waals surface area contributed by atoms with E-state index in [9.17, 15) is 4.79 Å². The van der Waals surface area contributed by atoms with E-state index in [2.05, 4.69) is 51.1 Å². The van der Waals surface area contributed by atoms with Crippen LogP contribution in [0.5, 0.6) is 0 Å². The van der Waals surface area contributed by atoms with Crippen LogP contribution in [0.25, 0.3) is 6.08 Å². The van der Waals surface area contributed by atoms with Crippen LogP contribution >= 0.6 is 0 Å². The number of carbonyl (C=O) groups is 1. The fourth-order valence-electron chi connectivity index (χ4n) is 5.91. The van der Waals surface area contributed by atoms with Crippen molar-refractivity contribution in [2.75, 3.05) is 59.0 Å². The third-order valence-corrected chi connectivity index (χ3v) is 8.15. The summed E-state index contributed by atoms with van der Waals surface area (Å²) in [6.07, 6.45) is 10.4. The van der Waals surface area contributed by atoms with E-state index in [0.717, 1.165) is 52.4 Å². The highest BCUT2D eigenvalue weighted by molar-refractivity contribution is 5.83. The van der Waals surface area contributed by atoms with Crippen LogP contribution in [-0.4, -0.2) is 85.7 Å². The van der Waals surface area contributed by atoms with Gasteiger partial charge in [0.2, 0.25) is 5.91 Å². The molecule has 4 aliphatic rings. The molecule has 0 N–H and O–H groups in total.